The number of aromatic nitrogens is 2. The van der Waals surface area contributed by atoms with Gasteiger partial charge in [-0.25, -0.2) is 18.7 Å². The molecule has 1 aromatic heterocycles. The lowest BCUT2D eigenvalue weighted by molar-refractivity contribution is -0.106. The van der Waals surface area contributed by atoms with Gasteiger partial charge in [-0.3, -0.25) is 4.99 Å². The SMILES string of the molecule is CC.CC=C(NCCC1CCCN1C)c1cnc(-c2cccc(C/C=C\C(=NC)c3cc(C)c(F)c(F)c3)c2)nc1.CC=O. The number of nitrogens with zero attached hydrogens (tertiary/aromatic N) is 4. The summed E-state index contributed by atoms with van der Waals surface area (Å²) in [5, 5.41) is 3.56. The van der Waals surface area contributed by atoms with Gasteiger partial charge in [0.1, 0.15) is 6.29 Å². The van der Waals surface area contributed by atoms with Crippen LogP contribution in [-0.4, -0.2) is 60.1 Å². The Bertz CT molecular complexity index is 1390. The van der Waals surface area contributed by atoms with Gasteiger partial charge in [0.15, 0.2) is 17.5 Å². The Morgan fingerprint density at radius 1 is 1.11 bits per heavy atom. The van der Waals surface area contributed by atoms with Crippen LogP contribution in [0.1, 0.15) is 69.2 Å². The summed E-state index contributed by atoms with van der Waals surface area (Å²) >= 11 is 0. The van der Waals surface area contributed by atoms with Gasteiger partial charge in [-0.2, -0.15) is 0 Å². The second-order valence-electron chi connectivity index (χ2n) is 10.2. The highest BCUT2D eigenvalue weighted by Crippen LogP contribution is 2.21. The fourth-order valence-electron chi connectivity index (χ4n) is 5.02. The minimum Gasteiger partial charge on any atom is -0.385 e. The molecule has 0 radical (unpaired) electrons. The van der Waals surface area contributed by atoms with E-state index in [9.17, 15) is 8.78 Å². The largest absolute Gasteiger partial charge is 0.385 e. The lowest BCUT2D eigenvalue weighted by Crippen LogP contribution is -2.28. The van der Waals surface area contributed by atoms with Gasteiger partial charge in [0.05, 0.1) is 5.71 Å². The van der Waals surface area contributed by atoms with Crippen LogP contribution in [0.4, 0.5) is 8.78 Å². The molecule has 0 spiro atoms. The molecule has 1 N–H and O–H groups in total. The zero-order chi connectivity index (χ0) is 32.5. The Morgan fingerprint density at radius 2 is 1.82 bits per heavy atom. The number of carbonyl (C=O) groups excluding carboxylic acids is 1. The van der Waals surface area contributed by atoms with Crippen molar-refractivity contribution in [1.82, 2.24) is 20.2 Å². The Labute approximate surface area is 262 Å². The van der Waals surface area contributed by atoms with Crippen molar-refractivity contribution in [3.05, 3.63) is 101 Å². The van der Waals surface area contributed by atoms with E-state index in [-0.39, 0.29) is 5.56 Å². The number of allylic oxidation sites excluding steroid dienone is 3. The van der Waals surface area contributed by atoms with E-state index in [0.717, 1.165) is 41.6 Å². The van der Waals surface area contributed by atoms with Crippen molar-refractivity contribution in [1.29, 1.82) is 0 Å². The summed E-state index contributed by atoms with van der Waals surface area (Å²) in [6.45, 7) is 11.1. The fraction of sp³-hybridized carbons (Fsp3) is 0.389. The summed E-state index contributed by atoms with van der Waals surface area (Å²) < 4.78 is 27.5. The first-order chi connectivity index (χ1) is 21.3. The van der Waals surface area contributed by atoms with Crippen LogP contribution in [0, 0.1) is 18.6 Å². The quantitative estimate of drug-likeness (QED) is 0.191. The van der Waals surface area contributed by atoms with Gasteiger partial charge in [-0.15, -0.1) is 0 Å². The van der Waals surface area contributed by atoms with Crippen LogP contribution in [0.3, 0.4) is 0 Å². The number of aldehydes is 1. The Kier molecular flexibility index (Phi) is 15.8. The van der Waals surface area contributed by atoms with E-state index in [0.29, 0.717) is 29.6 Å². The van der Waals surface area contributed by atoms with Gasteiger partial charge in [-0.1, -0.05) is 44.2 Å². The molecule has 0 amide bonds. The third-order valence-corrected chi connectivity index (χ3v) is 7.28. The normalized spacial score (nSPS) is 15.3. The highest BCUT2D eigenvalue weighted by atomic mass is 19.2. The van der Waals surface area contributed by atoms with Crippen molar-refractivity contribution in [2.75, 3.05) is 27.2 Å². The number of likely N-dealkylation sites (tertiary alicyclic amines) is 1. The predicted octanol–water partition coefficient (Wildman–Crippen LogP) is 7.61. The molecule has 0 saturated carbocycles. The number of benzene rings is 2. The van der Waals surface area contributed by atoms with Crippen LogP contribution in [0.15, 0.2) is 72.0 Å². The summed E-state index contributed by atoms with van der Waals surface area (Å²) in [6.07, 6.45) is 14.7. The molecule has 1 saturated heterocycles. The van der Waals surface area contributed by atoms with E-state index in [1.54, 1.807) is 20.0 Å². The molecule has 4 rings (SSSR count). The lowest BCUT2D eigenvalue weighted by Gasteiger charge is -2.20. The molecule has 2 heterocycles. The first kappa shape index (κ1) is 36.2. The van der Waals surface area contributed by atoms with Gasteiger partial charge >= 0.3 is 0 Å². The molecule has 0 aliphatic carbocycles. The number of hydrogen-bond donors (Lipinski definition) is 1. The van der Waals surface area contributed by atoms with Crippen molar-refractivity contribution in [3.63, 3.8) is 0 Å². The van der Waals surface area contributed by atoms with Crippen LogP contribution >= 0.6 is 0 Å². The molecule has 1 fully saturated rings. The van der Waals surface area contributed by atoms with E-state index in [1.807, 2.05) is 63.5 Å². The average molecular weight is 604 g/mol. The number of hydrogen-bond acceptors (Lipinski definition) is 6. The number of rotatable bonds is 10. The fourth-order valence-corrected chi connectivity index (χ4v) is 5.02. The highest BCUT2D eigenvalue weighted by Gasteiger charge is 2.20. The Balaban J connectivity index is 0.00000127. The first-order valence-electron chi connectivity index (χ1n) is 15.3. The molecule has 236 valence electrons. The van der Waals surface area contributed by atoms with Gasteiger partial charge in [0.2, 0.25) is 0 Å². The van der Waals surface area contributed by atoms with Crippen LogP contribution < -0.4 is 5.32 Å². The van der Waals surface area contributed by atoms with E-state index in [2.05, 4.69) is 44.4 Å². The molecule has 8 heteroatoms. The topological polar surface area (TPSA) is 70.5 Å². The van der Waals surface area contributed by atoms with Crippen molar-refractivity contribution in [2.24, 2.45) is 4.99 Å². The maximum absolute atomic E-state index is 13.9. The van der Waals surface area contributed by atoms with Crippen LogP contribution in [0.5, 0.6) is 0 Å². The van der Waals surface area contributed by atoms with Gasteiger partial charge < -0.3 is 15.0 Å². The van der Waals surface area contributed by atoms with Crippen LogP contribution in [-0.2, 0) is 11.2 Å². The molecule has 1 atom stereocenters. The molecular formula is C36H47F2N5O. The molecule has 0 bridgehead atoms. The second kappa shape index (κ2) is 19.3. The summed E-state index contributed by atoms with van der Waals surface area (Å²) in [5.41, 5.74) is 5.44. The zero-order valence-corrected chi connectivity index (χ0v) is 27.2. The van der Waals surface area contributed by atoms with Gasteiger partial charge in [0, 0.05) is 54.4 Å². The molecule has 1 aliphatic heterocycles. The van der Waals surface area contributed by atoms with Crippen LogP contribution in [0.2, 0.25) is 0 Å². The number of aryl methyl sites for hydroxylation is 1. The minimum absolute atomic E-state index is 0.257. The molecular weight excluding hydrogens is 556 g/mol. The summed E-state index contributed by atoms with van der Waals surface area (Å²) in [5.74, 6) is -1.02. The highest BCUT2D eigenvalue weighted by molar-refractivity contribution is 6.08. The van der Waals surface area contributed by atoms with Crippen molar-refractivity contribution in [2.45, 2.75) is 66.3 Å². The predicted molar refractivity (Wildman–Crippen MR) is 179 cm³/mol. The molecule has 1 unspecified atom stereocenters. The van der Waals surface area contributed by atoms with E-state index in [4.69, 9.17) is 4.79 Å². The smallest absolute Gasteiger partial charge is 0.161 e. The van der Waals surface area contributed by atoms with Crippen LogP contribution in [0.25, 0.3) is 17.1 Å². The summed E-state index contributed by atoms with van der Waals surface area (Å²) in [6, 6.07) is 11.5. The third-order valence-electron chi connectivity index (χ3n) is 7.28. The maximum atomic E-state index is 13.9. The number of halogens is 2. The first-order valence-corrected chi connectivity index (χ1v) is 15.3. The molecule has 44 heavy (non-hydrogen) atoms. The summed E-state index contributed by atoms with van der Waals surface area (Å²) in [7, 11) is 3.85. The molecule has 2 aromatic carbocycles. The van der Waals surface area contributed by atoms with E-state index >= 15 is 0 Å². The standard InChI is InChI=1S/C32H37F2N5.C2H4O.C2H6/c1-5-29(36-15-14-27-12-8-16-39(27)4)26-20-37-32(38-21-26)24-11-6-9-23(18-24)10-7-13-30(35-3)25-17-22(2)31(34)28(33)19-25;1-2-3;1-2/h5-7,9,11,13,17-21,27,36H,8,10,12,14-16H2,1-4H3;2H,1H3;1-2H3/b13-7-,29-5?,35-30?;;. The Hall–Kier alpha value is -4.04. The van der Waals surface area contributed by atoms with Crippen molar-refractivity contribution < 1.29 is 13.6 Å². The zero-order valence-electron chi connectivity index (χ0n) is 27.2. The molecule has 3 aromatic rings. The lowest BCUT2D eigenvalue weighted by atomic mass is 10.0. The van der Waals surface area contributed by atoms with Gasteiger partial charge in [0.25, 0.3) is 0 Å². The Morgan fingerprint density at radius 3 is 2.41 bits per heavy atom. The second-order valence-corrected chi connectivity index (χ2v) is 10.2. The third kappa shape index (κ3) is 10.6. The van der Waals surface area contributed by atoms with E-state index < -0.39 is 11.6 Å². The summed E-state index contributed by atoms with van der Waals surface area (Å²) in [4.78, 5) is 24.8. The minimum atomic E-state index is -0.868. The number of aliphatic imine (C=N–C) groups is 1. The number of carbonyl (C=O) groups is 1. The average Bonchev–Trinajstić information content (AvgIpc) is 3.46. The molecule has 6 nitrogen and oxygen atoms in total. The maximum Gasteiger partial charge on any atom is 0.161 e. The van der Waals surface area contributed by atoms with Crippen molar-refractivity contribution >= 4 is 17.7 Å². The van der Waals surface area contributed by atoms with Crippen molar-refractivity contribution in [3.8, 4) is 11.4 Å². The number of nitrogens with one attached hydrogen (secondary N) is 1. The monoisotopic (exact) mass is 603 g/mol. The van der Waals surface area contributed by atoms with E-state index in [1.165, 1.54) is 32.4 Å². The van der Waals surface area contributed by atoms with Gasteiger partial charge in [-0.05, 0) is 95.4 Å². The molecule has 1 aliphatic rings.